The molecular formula is C23H26F2N2O5. The highest BCUT2D eigenvalue weighted by Crippen LogP contribution is 2.44. The molecule has 32 heavy (non-hydrogen) atoms. The van der Waals surface area contributed by atoms with Crippen LogP contribution in [0.25, 0.3) is 0 Å². The summed E-state index contributed by atoms with van der Waals surface area (Å²) in [6, 6.07) is 6.15. The largest absolute Gasteiger partial charge is 0.493 e. The summed E-state index contributed by atoms with van der Waals surface area (Å²) >= 11 is 0. The zero-order valence-corrected chi connectivity index (χ0v) is 18.4. The van der Waals surface area contributed by atoms with Gasteiger partial charge in [-0.15, -0.1) is 0 Å². The number of nitrogens with one attached hydrogen (secondary N) is 1. The quantitative estimate of drug-likeness (QED) is 0.719. The first kappa shape index (κ1) is 23.3. The highest BCUT2D eigenvalue weighted by molar-refractivity contribution is 5.95. The van der Waals surface area contributed by atoms with Crippen LogP contribution in [0.2, 0.25) is 0 Å². The lowest BCUT2D eigenvalue weighted by atomic mass is 9.85. The number of nitrogens with zero attached hydrogens (tertiary/aromatic N) is 1. The maximum Gasteiger partial charge on any atom is 0.414 e. The number of fused-ring (bicyclic) bond motifs is 1. The van der Waals surface area contributed by atoms with Crippen LogP contribution in [-0.2, 0) is 16.1 Å². The number of carbonyl (C=O) groups excluding carboxylic acids is 2. The van der Waals surface area contributed by atoms with Gasteiger partial charge in [-0.25, -0.2) is 13.6 Å². The van der Waals surface area contributed by atoms with Crippen molar-refractivity contribution >= 4 is 17.7 Å². The van der Waals surface area contributed by atoms with Crippen LogP contribution in [0, 0.1) is 11.6 Å². The van der Waals surface area contributed by atoms with Gasteiger partial charge in [-0.3, -0.25) is 9.69 Å². The second kappa shape index (κ2) is 9.84. The second-order valence-electron chi connectivity index (χ2n) is 7.43. The zero-order valence-electron chi connectivity index (χ0n) is 18.4. The number of methoxy groups -OCH3 is 2. The van der Waals surface area contributed by atoms with E-state index in [0.29, 0.717) is 29.2 Å². The van der Waals surface area contributed by atoms with Crippen molar-refractivity contribution in [2.75, 3.05) is 25.7 Å². The van der Waals surface area contributed by atoms with E-state index in [0.717, 1.165) is 12.1 Å². The van der Waals surface area contributed by atoms with Gasteiger partial charge >= 0.3 is 6.09 Å². The van der Waals surface area contributed by atoms with Crippen molar-refractivity contribution in [1.82, 2.24) is 5.32 Å². The minimum atomic E-state index is -0.734. The number of halogens is 2. The summed E-state index contributed by atoms with van der Waals surface area (Å²) in [6.07, 6.45) is -0.209. The Morgan fingerprint density at radius 2 is 1.81 bits per heavy atom. The Hall–Kier alpha value is -3.36. The molecule has 7 nitrogen and oxygen atoms in total. The number of hydrogen-bond acceptors (Lipinski definition) is 5. The van der Waals surface area contributed by atoms with E-state index in [1.54, 1.807) is 19.1 Å². The standard InChI is InChI=1S/C23H26F2N2O5/c1-5-32-23(29)27-13(2)8-17(16-10-20(30-3)21(31-4)11-19(16)27)22(28)26-12-14-6-7-15(24)9-18(14)25/h6-7,9-11,13,17H,5,8,12H2,1-4H3,(H,26,28). The van der Waals surface area contributed by atoms with Crippen LogP contribution in [0.15, 0.2) is 30.3 Å². The molecule has 2 atom stereocenters. The molecule has 2 aromatic rings. The molecule has 0 saturated carbocycles. The Morgan fingerprint density at radius 1 is 1.12 bits per heavy atom. The van der Waals surface area contributed by atoms with E-state index in [1.807, 2.05) is 6.92 Å². The van der Waals surface area contributed by atoms with Gasteiger partial charge in [0.2, 0.25) is 5.91 Å². The number of rotatable bonds is 6. The summed E-state index contributed by atoms with van der Waals surface area (Å²) in [4.78, 5) is 27.2. The molecule has 3 rings (SSSR count). The van der Waals surface area contributed by atoms with E-state index in [4.69, 9.17) is 14.2 Å². The van der Waals surface area contributed by atoms with Crippen molar-refractivity contribution in [3.05, 3.63) is 53.1 Å². The maximum atomic E-state index is 14.0. The van der Waals surface area contributed by atoms with E-state index in [9.17, 15) is 18.4 Å². The van der Waals surface area contributed by atoms with Gasteiger partial charge in [-0.05, 0) is 38.0 Å². The Kier molecular flexibility index (Phi) is 7.17. The second-order valence-corrected chi connectivity index (χ2v) is 7.43. The molecule has 0 radical (unpaired) electrons. The van der Waals surface area contributed by atoms with Crippen molar-refractivity contribution in [2.24, 2.45) is 0 Å². The maximum absolute atomic E-state index is 14.0. The minimum absolute atomic E-state index is 0.0972. The fourth-order valence-electron chi connectivity index (χ4n) is 3.87. The zero-order chi connectivity index (χ0) is 23.4. The van der Waals surface area contributed by atoms with Gasteiger partial charge in [-0.1, -0.05) is 6.07 Å². The molecule has 0 fully saturated rings. The molecular weight excluding hydrogens is 422 g/mol. The van der Waals surface area contributed by atoms with E-state index < -0.39 is 23.6 Å². The van der Waals surface area contributed by atoms with Crippen LogP contribution in [0.5, 0.6) is 11.5 Å². The molecule has 1 aliphatic heterocycles. The van der Waals surface area contributed by atoms with Crippen LogP contribution in [-0.4, -0.2) is 38.9 Å². The Morgan fingerprint density at radius 3 is 2.44 bits per heavy atom. The van der Waals surface area contributed by atoms with Crippen LogP contribution in [0.4, 0.5) is 19.3 Å². The Labute approximate surface area is 185 Å². The molecule has 0 spiro atoms. The first-order valence-corrected chi connectivity index (χ1v) is 10.2. The number of ether oxygens (including phenoxy) is 3. The number of hydrogen-bond donors (Lipinski definition) is 1. The lowest BCUT2D eigenvalue weighted by Crippen LogP contribution is -2.46. The van der Waals surface area contributed by atoms with Gasteiger partial charge in [0.15, 0.2) is 11.5 Å². The van der Waals surface area contributed by atoms with Crippen molar-refractivity contribution in [3.8, 4) is 11.5 Å². The van der Waals surface area contributed by atoms with Crippen LogP contribution >= 0.6 is 0 Å². The smallest absolute Gasteiger partial charge is 0.414 e. The van der Waals surface area contributed by atoms with E-state index in [1.165, 1.54) is 25.2 Å². The number of amides is 2. The molecule has 1 heterocycles. The lowest BCUT2D eigenvalue weighted by molar-refractivity contribution is -0.123. The van der Waals surface area contributed by atoms with Gasteiger partial charge < -0.3 is 19.5 Å². The summed E-state index contributed by atoms with van der Waals surface area (Å²) in [6.45, 7) is 3.64. The molecule has 9 heteroatoms. The van der Waals surface area contributed by atoms with E-state index >= 15 is 0 Å². The van der Waals surface area contributed by atoms with Gasteiger partial charge in [0, 0.05) is 30.3 Å². The van der Waals surface area contributed by atoms with Crippen molar-refractivity contribution in [2.45, 2.75) is 38.8 Å². The Balaban J connectivity index is 1.95. The van der Waals surface area contributed by atoms with E-state index in [-0.39, 0.29) is 30.7 Å². The highest BCUT2D eigenvalue weighted by Gasteiger charge is 2.39. The van der Waals surface area contributed by atoms with Crippen molar-refractivity contribution in [3.63, 3.8) is 0 Å². The Bertz CT molecular complexity index is 1010. The molecule has 0 bridgehead atoms. The van der Waals surface area contributed by atoms with Crippen molar-refractivity contribution < 1.29 is 32.6 Å². The third-order valence-corrected chi connectivity index (χ3v) is 5.43. The summed E-state index contributed by atoms with van der Waals surface area (Å²) in [5.74, 6) is -1.59. The summed E-state index contributed by atoms with van der Waals surface area (Å²) < 4.78 is 43.1. The third-order valence-electron chi connectivity index (χ3n) is 5.43. The normalized spacial score (nSPS) is 17.4. The topological polar surface area (TPSA) is 77.1 Å². The van der Waals surface area contributed by atoms with Gasteiger partial charge in [-0.2, -0.15) is 0 Å². The predicted octanol–water partition coefficient (Wildman–Crippen LogP) is 4.14. The first-order valence-electron chi connectivity index (χ1n) is 10.2. The molecule has 0 aromatic heterocycles. The number of carbonyl (C=O) groups is 2. The van der Waals surface area contributed by atoms with Crippen LogP contribution in [0.1, 0.15) is 37.3 Å². The highest BCUT2D eigenvalue weighted by atomic mass is 19.1. The third kappa shape index (κ3) is 4.61. The number of benzene rings is 2. The molecule has 2 unspecified atom stereocenters. The van der Waals surface area contributed by atoms with Crippen LogP contribution in [0.3, 0.4) is 0 Å². The van der Waals surface area contributed by atoms with Crippen molar-refractivity contribution in [1.29, 1.82) is 0 Å². The molecule has 1 aliphatic rings. The molecule has 0 saturated heterocycles. The monoisotopic (exact) mass is 448 g/mol. The van der Waals surface area contributed by atoms with E-state index in [2.05, 4.69) is 5.32 Å². The molecule has 0 aliphatic carbocycles. The molecule has 2 aromatic carbocycles. The van der Waals surface area contributed by atoms with Crippen LogP contribution < -0.4 is 19.7 Å². The summed E-state index contributed by atoms with van der Waals surface area (Å²) in [5.41, 5.74) is 1.21. The lowest BCUT2D eigenvalue weighted by Gasteiger charge is -2.38. The fraction of sp³-hybridized carbons (Fsp3) is 0.391. The fourth-order valence-corrected chi connectivity index (χ4v) is 3.87. The average molecular weight is 448 g/mol. The average Bonchev–Trinajstić information content (AvgIpc) is 2.76. The SMILES string of the molecule is CCOC(=O)N1c2cc(OC)c(OC)cc2C(C(=O)NCc2ccc(F)cc2F)CC1C. The van der Waals surface area contributed by atoms with Gasteiger partial charge in [0.1, 0.15) is 11.6 Å². The van der Waals surface area contributed by atoms with Gasteiger partial charge in [0.05, 0.1) is 32.4 Å². The van der Waals surface area contributed by atoms with Gasteiger partial charge in [0.25, 0.3) is 0 Å². The summed E-state index contributed by atoms with van der Waals surface area (Å²) in [7, 11) is 2.96. The molecule has 2 amide bonds. The molecule has 1 N–H and O–H groups in total. The predicted molar refractivity (Wildman–Crippen MR) is 114 cm³/mol. The summed E-state index contributed by atoms with van der Waals surface area (Å²) in [5, 5.41) is 2.72. The molecule has 172 valence electrons. The first-order chi connectivity index (χ1) is 15.3. The minimum Gasteiger partial charge on any atom is -0.493 e. The number of anilines is 1.